The van der Waals surface area contributed by atoms with E-state index in [1.165, 1.54) is 16.4 Å². The van der Waals surface area contributed by atoms with Gasteiger partial charge in [0.05, 0.1) is 4.90 Å². The number of nitrogens with zero attached hydrogens (tertiary/aromatic N) is 1. The summed E-state index contributed by atoms with van der Waals surface area (Å²) in [5.74, 6) is -0.420. The molecule has 1 aliphatic rings. The van der Waals surface area contributed by atoms with Gasteiger partial charge in [-0.2, -0.15) is 4.31 Å². The predicted molar refractivity (Wildman–Crippen MR) is 71.6 cm³/mol. The Morgan fingerprint density at radius 3 is 2.53 bits per heavy atom. The van der Waals surface area contributed by atoms with Crippen LogP contribution >= 0.6 is 0 Å². The van der Waals surface area contributed by atoms with E-state index in [0.717, 1.165) is 12.8 Å². The Bertz CT molecular complexity index is 583. The van der Waals surface area contributed by atoms with Gasteiger partial charge < -0.3 is 5.73 Å². The van der Waals surface area contributed by atoms with Crippen LogP contribution in [0.2, 0.25) is 0 Å². The Hall–Kier alpha value is -0.980. The summed E-state index contributed by atoms with van der Waals surface area (Å²) in [7, 11) is -3.55. The first kappa shape index (κ1) is 14.4. The monoisotopic (exact) mass is 286 g/mol. The number of nitrogens with two attached hydrogens (primary N) is 1. The van der Waals surface area contributed by atoms with E-state index in [9.17, 15) is 12.8 Å². The SMILES string of the molecule is CCN(C1CC1)S(=O)(=O)c1cc(C)c(F)c(CN)c1. The van der Waals surface area contributed by atoms with Gasteiger partial charge in [0.2, 0.25) is 10.0 Å². The van der Waals surface area contributed by atoms with Crippen LogP contribution in [0, 0.1) is 12.7 Å². The van der Waals surface area contributed by atoms with Crippen molar-refractivity contribution in [3.8, 4) is 0 Å². The molecule has 1 fully saturated rings. The zero-order chi connectivity index (χ0) is 14.2. The Morgan fingerprint density at radius 1 is 1.42 bits per heavy atom. The maximum absolute atomic E-state index is 13.7. The second-order valence-electron chi connectivity index (χ2n) is 4.86. The van der Waals surface area contributed by atoms with E-state index in [0.29, 0.717) is 12.1 Å². The van der Waals surface area contributed by atoms with Gasteiger partial charge in [-0.1, -0.05) is 6.92 Å². The van der Waals surface area contributed by atoms with Crippen molar-refractivity contribution in [3.63, 3.8) is 0 Å². The van der Waals surface area contributed by atoms with Gasteiger partial charge in [0.15, 0.2) is 0 Å². The van der Waals surface area contributed by atoms with E-state index in [-0.39, 0.29) is 23.0 Å². The van der Waals surface area contributed by atoms with Gasteiger partial charge in [0.1, 0.15) is 5.82 Å². The minimum Gasteiger partial charge on any atom is -0.326 e. The van der Waals surface area contributed by atoms with E-state index in [4.69, 9.17) is 5.73 Å². The molecule has 1 saturated carbocycles. The van der Waals surface area contributed by atoms with E-state index in [1.54, 1.807) is 6.92 Å². The molecule has 0 aliphatic heterocycles. The Labute approximate surface area is 113 Å². The molecule has 1 aromatic rings. The van der Waals surface area contributed by atoms with Crippen molar-refractivity contribution in [2.45, 2.75) is 44.2 Å². The Balaban J connectivity index is 2.48. The molecule has 1 aliphatic carbocycles. The molecule has 106 valence electrons. The van der Waals surface area contributed by atoms with Crippen LogP contribution in [0.3, 0.4) is 0 Å². The van der Waals surface area contributed by atoms with Crippen LogP contribution in [0.15, 0.2) is 17.0 Å². The molecule has 0 atom stereocenters. The summed E-state index contributed by atoms with van der Waals surface area (Å²) >= 11 is 0. The maximum Gasteiger partial charge on any atom is 0.243 e. The van der Waals surface area contributed by atoms with E-state index in [1.807, 2.05) is 6.92 Å². The summed E-state index contributed by atoms with van der Waals surface area (Å²) in [5.41, 5.74) is 6.02. The minimum absolute atomic E-state index is 0.00835. The van der Waals surface area contributed by atoms with Crippen LogP contribution in [0.4, 0.5) is 4.39 Å². The summed E-state index contributed by atoms with van der Waals surface area (Å²) in [4.78, 5) is 0.139. The van der Waals surface area contributed by atoms with Crippen LogP contribution in [0.1, 0.15) is 30.9 Å². The second-order valence-corrected chi connectivity index (χ2v) is 6.75. The van der Waals surface area contributed by atoms with Crippen LogP contribution in [-0.2, 0) is 16.6 Å². The summed E-state index contributed by atoms with van der Waals surface area (Å²) in [6.45, 7) is 3.80. The highest BCUT2D eigenvalue weighted by atomic mass is 32.2. The fourth-order valence-corrected chi connectivity index (χ4v) is 4.06. The van der Waals surface area contributed by atoms with Crippen molar-refractivity contribution in [2.75, 3.05) is 6.54 Å². The summed E-state index contributed by atoms with van der Waals surface area (Å²) in [6.07, 6.45) is 1.80. The molecule has 0 heterocycles. The molecule has 0 amide bonds. The van der Waals surface area contributed by atoms with Gasteiger partial charge in [-0.05, 0) is 37.5 Å². The first-order valence-electron chi connectivity index (χ1n) is 6.42. The first-order valence-corrected chi connectivity index (χ1v) is 7.86. The third-order valence-electron chi connectivity index (χ3n) is 3.40. The molecule has 0 unspecified atom stereocenters. The van der Waals surface area contributed by atoms with Gasteiger partial charge in [0, 0.05) is 24.7 Å². The van der Waals surface area contributed by atoms with Gasteiger partial charge in [-0.3, -0.25) is 0 Å². The summed E-state index contributed by atoms with van der Waals surface area (Å²) in [6, 6.07) is 2.83. The largest absolute Gasteiger partial charge is 0.326 e. The van der Waals surface area contributed by atoms with Gasteiger partial charge in [-0.15, -0.1) is 0 Å². The first-order chi connectivity index (χ1) is 8.91. The van der Waals surface area contributed by atoms with Crippen molar-refractivity contribution in [1.82, 2.24) is 4.31 Å². The lowest BCUT2D eigenvalue weighted by atomic mass is 10.1. The number of halogens is 1. The highest BCUT2D eigenvalue weighted by Gasteiger charge is 2.37. The third kappa shape index (κ3) is 2.66. The zero-order valence-corrected chi connectivity index (χ0v) is 12.0. The highest BCUT2D eigenvalue weighted by molar-refractivity contribution is 7.89. The van der Waals surface area contributed by atoms with Crippen molar-refractivity contribution in [1.29, 1.82) is 0 Å². The van der Waals surface area contributed by atoms with Gasteiger partial charge in [0.25, 0.3) is 0 Å². The number of rotatable bonds is 5. The molecule has 0 bridgehead atoms. The molecule has 2 rings (SSSR count). The molecular weight excluding hydrogens is 267 g/mol. The lowest BCUT2D eigenvalue weighted by molar-refractivity contribution is 0.420. The average molecular weight is 286 g/mol. The van der Waals surface area contributed by atoms with E-state index >= 15 is 0 Å². The number of hydrogen-bond donors (Lipinski definition) is 1. The average Bonchev–Trinajstić information content (AvgIpc) is 3.17. The Kier molecular flexibility index (Phi) is 3.94. The molecule has 2 N–H and O–H groups in total. The van der Waals surface area contributed by atoms with Crippen LogP contribution in [0.25, 0.3) is 0 Å². The predicted octanol–water partition coefficient (Wildman–Crippen LogP) is 1.77. The number of hydrogen-bond acceptors (Lipinski definition) is 3. The molecular formula is C13H19FN2O2S. The lowest BCUT2D eigenvalue weighted by Gasteiger charge is -2.20. The van der Waals surface area contributed by atoms with Crippen molar-refractivity contribution in [3.05, 3.63) is 29.1 Å². The Morgan fingerprint density at radius 2 is 2.05 bits per heavy atom. The minimum atomic E-state index is -3.55. The highest BCUT2D eigenvalue weighted by Crippen LogP contribution is 2.32. The molecule has 0 spiro atoms. The summed E-state index contributed by atoms with van der Waals surface area (Å²) in [5, 5.41) is 0. The fourth-order valence-electron chi connectivity index (χ4n) is 2.23. The smallest absolute Gasteiger partial charge is 0.243 e. The van der Waals surface area contributed by atoms with Crippen LogP contribution in [-0.4, -0.2) is 25.3 Å². The maximum atomic E-state index is 13.7. The van der Waals surface area contributed by atoms with Crippen LogP contribution in [0.5, 0.6) is 0 Å². The molecule has 6 heteroatoms. The molecule has 19 heavy (non-hydrogen) atoms. The number of aryl methyl sites for hydroxylation is 1. The molecule has 0 radical (unpaired) electrons. The lowest BCUT2D eigenvalue weighted by Crippen LogP contribution is -2.33. The van der Waals surface area contributed by atoms with Gasteiger partial charge in [-0.25, -0.2) is 12.8 Å². The quantitative estimate of drug-likeness (QED) is 0.897. The topological polar surface area (TPSA) is 63.4 Å². The molecule has 0 saturated heterocycles. The standard InChI is InChI=1S/C13H19FN2O2S/c1-3-16(11-4-5-11)19(17,18)12-6-9(2)13(14)10(7-12)8-15/h6-7,11H,3-5,8,15H2,1-2H3. The van der Waals surface area contributed by atoms with Crippen molar-refractivity contribution in [2.24, 2.45) is 5.73 Å². The van der Waals surface area contributed by atoms with Gasteiger partial charge >= 0.3 is 0 Å². The van der Waals surface area contributed by atoms with Crippen molar-refractivity contribution >= 4 is 10.0 Å². The van der Waals surface area contributed by atoms with E-state index < -0.39 is 15.8 Å². The molecule has 1 aromatic carbocycles. The zero-order valence-electron chi connectivity index (χ0n) is 11.2. The number of benzene rings is 1. The summed E-state index contributed by atoms with van der Waals surface area (Å²) < 4.78 is 40.3. The fraction of sp³-hybridized carbons (Fsp3) is 0.538. The normalized spacial score (nSPS) is 16.1. The third-order valence-corrected chi connectivity index (χ3v) is 5.40. The van der Waals surface area contributed by atoms with Crippen LogP contribution < -0.4 is 5.73 Å². The van der Waals surface area contributed by atoms with Crippen molar-refractivity contribution < 1.29 is 12.8 Å². The molecule has 0 aromatic heterocycles. The second kappa shape index (κ2) is 5.19. The number of sulfonamides is 1. The molecule has 4 nitrogen and oxygen atoms in total. The van der Waals surface area contributed by atoms with E-state index in [2.05, 4.69) is 0 Å².